The number of hydrogen-bond donors (Lipinski definition) is 1. The molecule has 1 aliphatic rings. The van der Waals surface area contributed by atoms with Crippen LogP contribution in [0, 0.1) is 12.8 Å². The molecule has 3 heteroatoms. The van der Waals surface area contributed by atoms with Gasteiger partial charge >= 0.3 is 0 Å². The Morgan fingerprint density at radius 2 is 1.95 bits per heavy atom. The summed E-state index contributed by atoms with van der Waals surface area (Å²) in [4.78, 5) is 6.30. The van der Waals surface area contributed by atoms with Crippen LogP contribution in [0.3, 0.4) is 0 Å². The highest BCUT2D eigenvalue weighted by Gasteiger charge is 2.24. The monoisotopic (exact) mass is 294 g/mol. The molecule has 2 rings (SSSR count). The van der Waals surface area contributed by atoms with Crippen LogP contribution in [0.2, 0.25) is 0 Å². The highest BCUT2D eigenvalue weighted by molar-refractivity contribution is 7.11. The highest BCUT2D eigenvalue weighted by atomic mass is 32.1. The second-order valence-electron chi connectivity index (χ2n) is 6.60. The molecule has 0 aromatic carbocycles. The van der Waals surface area contributed by atoms with E-state index in [2.05, 4.69) is 33.0 Å². The molecule has 0 saturated heterocycles. The maximum atomic E-state index is 4.86. The van der Waals surface area contributed by atoms with Crippen molar-refractivity contribution in [3.63, 3.8) is 0 Å². The maximum absolute atomic E-state index is 4.86. The topological polar surface area (TPSA) is 24.9 Å². The molecule has 20 heavy (non-hydrogen) atoms. The Morgan fingerprint density at radius 1 is 1.25 bits per heavy atom. The zero-order valence-electron chi connectivity index (χ0n) is 13.5. The number of rotatable bonds is 6. The molecular weight excluding hydrogens is 264 g/mol. The van der Waals surface area contributed by atoms with Gasteiger partial charge in [-0.2, -0.15) is 0 Å². The SMILES string of the molecule is CCCC1CCC(c2nc(C)c(CNC(C)C)s2)CC1. The largest absolute Gasteiger partial charge is 0.310 e. The number of nitrogens with zero attached hydrogens (tertiary/aromatic N) is 1. The number of thiazole rings is 1. The third-order valence-electron chi connectivity index (χ3n) is 4.47. The summed E-state index contributed by atoms with van der Waals surface area (Å²) in [6, 6.07) is 0.546. The minimum atomic E-state index is 0.546. The van der Waals surface area contributed by atoms with Gasteiger partial charge < -0.3 is 5.32 Å². The van der Waals surface area contributed by atoms with Gasteiger partial charge in [0.1, 0.15) is 0 Å². The maximum Gasteiger partial charge on any atom is 0.0962 e. The summed E-state index contributed by atoms with van der Waals surface area (Å²) in [6.07, 6.45) is 8.31. The summed E-state index contributed by atoms with van der Waals surface area (Å²) >= 11 is 1.95. The molecule has 0 amide bonds. The van der Waals surface area contributed by atoms with Gasteiger partial charge in [-0.25, -0.2) is 4.98 Å². The van der Waals surface area contributed by atoms with Crippen LogP contribution in [0.4, 0.5) is 0 Å². The van der Waals surface area contributed by atoms with Crippen LogP contribution in [0.15, 0.2) is 0 Å². The van der Waals surface area contributed by atoms with Crippen molar-refractivity contribution < 1.29 is 0 Å². The molecule has 1 aromatic heterocycles. The van der Waals surface area contributed by atoms with Gasteiger partial charge in [0, 0.05) is 23.4 Å². The fourth-order valence-corrected chi connectivity index (χ4v) is 4.38. The normalized spacial score (nSPS) is 23.4. The van der Waals surface area contributed by atoms with E-state index in [1.165, 1.54) is 54.1 Å². The lowest BCUT2D eigenvalue weighted by molar-refractivity contribution is 0.308. The van der Waals surface area contributed by atoms with E-state index >= 15 is 0 Å². The van der Waals surface area contributed by atoms with Gasteiger partial charge in [-0.1, -0.05) is 33.6 Å². The summed E-state index contributed by atoms with van der Waals surface area (Å²) in [6.45, 7) is 9.86. The van der Waals surface area contributed by atoms with Crippen LogP contribution < -0.4 is 5.32 Å². The van der Waals surface area contributed by atoms with Gasteiger partial charge in [-0.15, -0.1) is 11.3 Å². The minimum Gasteiger partial charge on any atom is -0.310 e. The van der Waals surface area contributed by atoms with E-state index in [0.29, 0.717) is 6.04 Å². The minimum absolute atomic E-state index is 0.546. The Morgan fingerprint density at radius 3 is 2.55 bits per heavy atom. The molecule has 1 N–H and O–H groups in total. The number of nitrogens with one attached hydrogen (secondary N) is 1. The van der Waals surface area contributed by atoms with Crippen molar-refractivity contribution >= 4 is 11.3 Å². The highest BCUT2D eigenvalue weighted by Crippen LogP contribution is 2.39. The molecule has 0 spiro atoms. The van der Waals surface area contributed by atoms with Crippen molar-refractivity contribution in [1.29, 1.82) is 0 Å². The number of aromatic nitrogens is 1. The summed E-state index contributed by atoms with van der Waals surface area (Å²) in [7, 11) is 0. The Balaban J connectivity index is 1.91. The first-order chi connectivity index (χ1) is 9.60. The van der Waals surface area contributed by atoms with Crippen LogP contribution in [0.25, 0.3) is 0 Å². The first-order valence-corrected chi connectivity index (χ1v) is 9.11. The van der Waals surface area contributed by atoms with Crippen molar-refractivity contribution in [2.24, 2.45) is 5.92 Å². The predicted octanol–water partition coefficient (Wildman–Crippen LogP) is 5.02. The second kappa shape index (κ2) is 7.56. The van der Waals surface area contributed by atoms with E-state index in [4.69, 9.17) is 4.98 Å². The van der Waals surface area contributed by atoms with Gasteiger partial charge in [0.25, 0.3) is 0 Å². The molecule has 0 atom stereocenters. The molecule has 114 valence electrons. The molecule has 0 aliphatic heterocycles. The Bertz CT molecular complexity index is 403. The predicted molar refractivity (Wildman–Crippen MR) is 88.4 cm³/mol. The number of hydrogen-bond acceptors (Lipinski definition) is 3. The lowest BCUT2D eigenvalue weighted by Gasteiger charge is -2.27. The average Bonchev–Trinajstić information content (AvgIpc) is 2.79. The van der Waals surface area contributed by atoms with Crippen molar-refractivity contribution in [3.05, 3.63) is 15.6 Å². The smallest absolute Gasteiger partial charge is 0.0962 e. The fourth-order valence-electron chi connectivity index (χ4n) is 3.19. The first-order valence-electron chi connectivity index (χ1n) is 8.29. The van der Waals surface area contributed by atoms with Crippen molar-refractivity contribution in [2.75, 3.05) is 0 Å². The van der Waals surface area contributed by atoms with E-state index in [1.54, 1.807) is 0 Å². The Hall–Kier alpha value is -0.410. The molecule has 1 aromatic rings. The Kier molecular flexibility index (Phi) is 6.03. The third kappa shape index (κ3) is 4.29. The van der Waals surface area contributed by atoms with Gasteiger partial charge in [-0.3, -0.25) is 0 Å². The molecular formula is C17H30N2S. The van der Waals surface area contributed by atoms with Crippen LogP contribution >= 0.6 is 11.3 Å². The van der Waals surface area contributed by atoms with Crippen LogP contribution in [0.5, 0.6) is 0 Å². The van der Waals surface area contributed by atoms with E-state index < -0.39 is 0 Å². The second-order valence-corrected chi connectivity index (χ2v) is 7.72. The molecule has 0 radical (unpaired) electrons. The molecule has 2 nitrogen and oxygen atoms in total. The van der Waals surface area contributed by atoms with Crippen LogP contribution in [-0.4, -0.2) is 11.0 Å². The molecule has 1 saturated carbocycles. The standard InChI is InChI=1S/C17H30N2S/c1-5-6-14-7-9-15(10-8-14)17-19-13(4)16(20-17)11-18-12(2)3/h12,14-15,18H,5-11H2,1-4H3. The van der Waals surface area contributed by atoms with Crippen molar-refractivity contribution in [2.45, 2.75) is 84.7 Å². The quantitative estimate of drug-likeness (QED) is 0.796. The van der Waals surface area contributed by atoms with Crippen molar-refractivity contribution in [3.8, 4) is 0 Å². The summed E-state index contributed by atoms with van der Waals surface area (Å²) in [5.41, 5.74) is 1.24. The summed E-state index contributed by atoms with van der Waals surface area (Å²) < 4.78 is 0. The Labute approximate surface area is 128 Å². The zero-order chi connectivity index (χ0) is 14.5. The number of aryl methyl sites for hydroxylation is 1. The van der Waals surface area contributed by atoms with E-state index in [-0.39, 0.29) is 0 Å². The lowest BCUT2D eigenvalue weighted by Crippen LogP contribution is -2.21. The van der Waals surface area contributed by atoms with Gasteiger partial charge in [0.15, 0.2) is 0 Å². The van der Waals surface area contributed by atoms with Crippen molar-refractivity contribution in [1.82, 2.24) is 10.3 Å². The molecule has 1 aliphatic carbocycles. The summed E-state index contributed by atoms with van der Waals surface area (Å²) in [5.74, 6) is 1.72. The van der Waals surface area contributed by atoms with Crippen LogP contribution in [-0.2, 0) is 6.54 Å². The zero-order valence-corrected chi connectivity index (χ0v) is 14.4. The third-order valence-corrected chi connectivity index (χ3v) is 5.79. The fraction of sp³-hybridized carbons (Fsp3) is 0.824. The molecule has 1 fully saturated rings. The molecule has 1 heterocycles. The average molecular weight is 295 g/mol. The van der Waals surface area contributed by atoms with Gasteiger partial charge in [0.05, 0.1) is 10.7 Å². The lowest BCUT2D eigenvalue weighted by atomic mass is 9.80. The molecule has 0 bridgehead atoms. The van der Waals surface area contributed by atoms with E-state index in [0.717, 1.165) is 18.4 Å². The summed E-state index contributed by atoms with van der Waals surface area (Å²) in [5, 5.41) is 4.91. The van der Waals surface area contributed by atoms with Crippen LogP contribution in [0.1, 0.15) is 80.8 Å². The van der Waals surface area contributed by atoms with E-state index in [9.17, 15) is 0 Å². The first kappa shape index (κ1) is 16.0. The van der Waals surface area contributed by atoms with Gasteiger partial charge in [0.2, 0.25) is 0 Å². The molecule has 0 unspecified atom stereocenters. The van der Waals surface area contributed by atoms with Gasteiger partial charge in [-0.05, 0) is 38.5 Å². The van der Waals surface area contributed by atoms with E-state index in [1.807, 2.05) is 11.3 Å².